The van der Waals surface area contributed by atoms with Crippen LogP contribution in [-0.2, 0) is 9.47 Å². The minimum atomic E-state index is -0.490. The normalized spacial score (nSPS) is 10.3. The summed E-state index contributed by atoms with van der Waals surface area (Å²) in [7, 11) is 0. The Morgan fingerprint density at radius 1 is 0.562 bits per heavy atom. The van der Waals surface area contributed by atoms with Crippen LogP contribution in [0.4, 0.5) is 0 Å². The highest BCUT2D eigenvalue weighted by Gasteiger charge is 2.19. The van der Waals surface area contributed by atoms with Gasteiger partial charge in [-0.2, -0.15) is 0 Å². The summed E-state index contributed by atoms with van der Waals surface area (Å²) in [6, 6.07) is 27.3. The van der Waals surface area contributed by atoms with E-state index in [0.29, 0.717) is 13.2 Å². The molecule has 0 bridgehead atoms. The molecule has 3 rings (SSSR count). The van der Waals surface area contributed by atoms with E-state index in [0.717, 1.165) is 0 Å². The number of carbonyl (C=O) groups excluding carboxylic acids is 2. The maximum absolute atomic E-state index is 12.0. The van der Waals surface area contributed by atoms with Crippen molar-refractivity contribution in [2.45, 2.75) is 27.7 Å². The number of ether oxygens (including phenoxy) is 2. The molecule has 168 valence electrons. The van der Waals surface area contributed by atoms with Crippen LogP contribution >= 0.6 is 0 Å². The lowest BCUT2D eigenvalue weighted by atomic mass is 10.1. The summed E-state index contributed by atoms with van der Waals surface area (Å²) >= 11 is 0. The lowest BCUT2D eigenvalue weighted by molar-refractivity contribution is 0.0412. The van der Waals surface area contributed by atoms with Crippen molar-refractivity contribution >= 4 is 11.9 Å². The van der Waals surface area contributed by atoms with Crippen LogP contribution in [0.5, 0.6) is 0 Å². The van der Waals surface area contributed by atoms with Gasteiger partial charge < -0.3 is 9.47 Å². The Labute approximate surface area is 191 Å². The van der Waals surface area contributed by atoms with Gasteiger partial charge in [-0.05, 0) is 35.1 Å². The molecule has 4 heteroatoms. The van der Waals surface area contributed by atoms with E-state index in [1.165, 1.54) is 11.1 Å². The molecule has 32 heavy (non-hydrogen) atoms. The zero-order chi connectivity index (χ0) is 23.3. The SMILES string of the molecule is CC(C)COC(=O)c1ccccc1C(=O)OCC(C)C.c1ccc(-c2ccccc2)cc1. The molecule has 0 aliphatic rings. The molecule has 0 saturated carbocycles. The number of hydrogen-bond acceptors (Lipinski definition) is 4. The third kappa shape index (κ3) is 8.38. The monoisotopic (exact) mass is 432 g/mol. The number of esters is 2. The van der Waals surface area contributed by atoms with E-state index in [1.54, 1.807) is 24.3 Å². The summed E-state index contributed by atoms with van der Waals surface area (Å²) in [5.41, 5.74) is 3.06. The van der Waals surface area contributed by atoms with E-state index in [-0.39, 0.29) is 23.0 Å². The molecule has 3 aromatic carbocycles. The van der Waals surface area contributed by atoms with Gasteiger partial charge in [-0.15, -0.1) is 0 Å². The van der Waals surface area contributed by atoms with E-state index in [9.17, 15) is 9.59 Å². The highest BCUT2D eigenvalue weighted by Crippen LogP contribution is 2.17. The molecule has 0 amide bonds. The first-order chi connectivity index (χ1) is 15.4. The summed E-state index contributed by atoms with van der Waals surface area (Å²) in [4.78, 5) is 24.0. The molecule has 0 saturated heterocycles. The van der Waals surface area contributed by atoms with Gasteiger partial charge in [0.1, 0.15) is 0 Å². The molecule has 0 spiro atoms. The molecule has 0 heterocycles. The van der Waals surface area contributed by atoms with E-state index < -0.39 is 11.9 Å². The van der Waals surface area contributed by atoms with Crippen LogP contribution in [0.25, 0.3) is 11.1 Å². The van der Waals surface area contributed by atoms with Crippen LogP contribution in [0, 0.1) is 11.8 Å². The van der Waals surface area contributed by atoms with Gasteiger partial charge in [0.25, 0.3) is 0 Å². The van der Waals surface area contributed by atoms with E-state index in [2.05, 4.69) is 48.5 Å². The largest absolute Gasteiger partial charge is 0.462 e. The molecule has 0 unspecified atom stereocenters. The average Bonchev–Trinajstić information content (AvgIpc) is 2.82. The zero-order valence-electron chi connectivity index (χ0n) is 19.3. The van der Waals surface area contributed by atoms with Gasteiger partial charge in [-0.3, -0.25) is 0 Å². The Hall–Kier alpha value is -3.40. The fraction of sp³-hybridized carbons (Fsp3) is 0.286. The molecule has 0 aliphatic carbocycles. The molecule has 4 nitrogen and oxygen atoms in total. The van der Waals surface area contributed by atoms with E-state index in [4.69, 9.17) is 9.47 Å². The van der Waals surface area contributed by atoms with Crippen molar-refractivity contribution < 1.29 is 19.1 Å². The van der Waals surface area contributed by atoms with Crippen molar-refractivity contribution in [1.29, 1.82) is 0 Å². The fourth-order valence-electron chi connectivity index (χ4n) is 2.74. The molecule has 0 atom stereocenters. The predicted molar refractivity (Wildman–Crippen MR) is 129 cm³/mol. The third-order valence-electron chi connectivity index (χ3n) is 4.34. The van der Waals surface area contributed by atoms with E-state index >= 15 is 0 Å². The van der Waals surface area contributed by atoms with Gasteiger partial charge in [0.05, 0.1) is 24.3 Å². The Morgan fingerprint density at radius 3 is 1.19 bits per heavy atom. The van der Waals surface area contributed by atoms with Gasteiger partial charge in [0.2, 0.25) is 0 Å². The molecule has 0 aromatic heterocycles. The van der Waals surface area contributed by atoms with E-state index in [1.807, 2.05) is 39.8 Å². The minimum absolute atomic E-state index is 0.249. The third-order valence-corrected chi connectivity index (χ3v) is 4.34. The molecule has 0 aliphatic heterocycles. The summed E-state index contributed by atoms with van der Waals surface area (Å²) in [5.74, 6) is -0.482. The van der Waals surface area contributed by atoms with Crippen molar-refractivity contribution in [2.24, 2.45) is 11.8 Å². The first-order valence-corrected chi connectivity index (χ1v) is 10.9. The summed E-state index contributed by atoms with van der Waals surface area (Å²) in [5, 5.41) is 0. The summed E-state index contributed by atoms with van der Waals surface area (Å²) < 4.78 is 10.3. The Kier molecular flexibility index (Phi) is 10.2. The predicted octanol–water partition coefficient (Wildman–Crippen LogP) is 6.67. The smallest absolute Gasteiger partial charge is 0.339 e. The number of rotatable bonds is 7. The average molecular weight is 433 g/mol. The second-order valence-corrected chi connectivity index (χ2v) is 8.26. The number of hydrogen-bond donors (Lipinski definition) is 0. The highest BCUT2D eigenvalue weighted by molar-refractivity contribution is 6.03. The van der Waals surface area contributed by atoms with Crippen LogP contribution in [0.2, 0.25) is 0 Å². The Balaban J connectivity index is 0.000000255. The quantitative estimate of drug-likeness (QED) is 0.391. The van der Waals surface area contributed by atoms with Gasteiger partial charge in [0.15, 0.2) is 0 Å². The lowest BCUT2D eigenvalue weighted by Gasteiger charge is -2.11. The van der Waals surface area contributed by atoms with Gasteiger partial charge in [-0.25, -0.2) is 9.59 Å². The molecule has 0 fully saturated rings. The summed E-state index contributed by atoms with van der Waals surface area (Å²) in [6.45, 7) is 8.47. The van der Waals surface area contributed by atoms with Crippen LogP contribution in [0.15, 0.2) is 84.9 Å². The van der Waals surface area contributed by atoms with Crippen molar-refractivity contribution in [1.82, 2.24) is 0 Å². The minimum Gasteiger partial charge on any atom is -0.462 e. The van der Waals surface area contributed by atoms with Crippen molar-refractivity contribution in [3.8, 4) is 11.1 Å². The Morgan fingerprint density at radius 2 is 0.875 bits per heavy atom. The maximum atomic E-state index is 12.0. The number of carbonyl (C=O) groups is 2. The molecular weight excluding hydrogens is 400 g/mol. The van der Waals surface area contributed by atoms with Gasteiger partial charge in [0, 0.05) is 0 Å². The molecule has 3 aromatic rings. The maximum Gasteiger partial charge on any atom is 0.339 e. The zero-order valence-corrected chi connectivity index (χ0v) is 19.3. The number of benzene rings is 3. The standard InChI is InChI=1S/C16H22O4.C12H10/c1-11(2)9-19-15(17)13-7-5-6-8-14(13)16(18)20-10-12(3)4;1-3-7-11(8-4-1)12-9-5-2-6-10-12/h5-8,11-12H,9-10H2,1-4H3;1-10H. The lowest BCUT2D eigenvalue weighted by Crippen LogP contribution is -2.17. The Bertz CT molecular complexity index is 882. The van der Waals surface area contributed by atoms with Crippen molar-refractivity contribution in [2.75, 3.05) is 13.2 Å². The molecule has 0 N–H and O–H groups in total. The topological polar surface area (TPSA) is 52.6 Å². The second-order valence-electron chi connectivity index (χ2n) is 8.26. The van der Waals surface area contributed by atoms with Crippen LogP contribution in [-0.4, -0.2) is 25.2 Å². The fourth-order valence-corrected chi connectivity index (χ4v) is 2.74. The first kappa shape index (κ1) is 24.9. The van der Waals surface area contributed by atoms with Crippen molar-refractivity contribution in [3.05, 3.63) is 96.1 Å². The van der Waals surface area contributed by atoms with Crippen LogP contribution in [0.3, 0.4) is 0 Å². The van der Waals surface area contributed by atoms with Gasteiger partial charge in [-0.1, -0.05) is 100 Å². The first-order valence-electron chi connectivity index (χ1n) is 10.9. The summed E-state index contributed by atoms with van der Waals surface area (Å²) in [6.07, 6.45) is 0. The molecular formula is C28H32O4. The van der Waals surface area contributed by atoms with Crippen LogP contribution in [0.1, 0.15) is 48.4 Å². The van der Waals surface area contributed by atoms with Crippen LogP contribution < -0.4 is 0 Å². The highest BCUT2D eigenvalue weighted by atomic mass is 16.5. The molecule has 0 radical (unpaired) electrons. The van der Waals surface area contributed by atoms with Crippen molar-refractivity contribution in [3.63, 3.8) is 0 Å². The second kappa shape index (κ2) is 13.1. The van der Waals surface area contributed by atoms with Gasteiger partial charge >= 0.3 is 11.9 Å².